The van der Waals surface area contributed by atoms with Crippen molar-refractivity contribution < 1.29 is 4.74 Å². The molecule has 0 saturated carbocycles. The molecule has 1 N–H and O–H groups in total. The predicted octanol–water partition coefficient (Wildman–Crippen LogP) is 3.94. The molecule has 4 heteroatoms. The highest BCUT2D eigenvalue weighted by molar-refractivity contribution is 7.16. The topological polar surface area (TPSA) is 21.3 Å². The van der Waals surface area contributed by atoms with Crippen LogP contribution in [0.2, 0.25) is 4.34 Å². The van der Waals surface area contributed by atoms with Crippen LogP contribution in [-0.4, -0.2) is 19.8 Å². The quantitative estimate of drug-likeness (QED) is 0.689. The van der Waals surface area contributed by atoms with Crippen LogP contribution >= 0.6 is 22.9 Å². The van der Waals surface area contributed by atoms with Gasteiger partial charge in [-0.2, -0.15) is 0 Å². The van der Waals surface area contributed by atoms with Crippen molar-refractivity contribution in [2.24, 2.45) is 5.92 Å². The second-order valence-electron chi connectivity index (χ2n) is 4.53. The molecule has 1 aromatic rings. The third-order valence-corrected chi connectivity index (χ3v) is 3.65. The first-order valence-electron chi connectivity index (χ1n) is 6.21. The smallest absolute Gasteiger partial charge is 0.0931 e. The van der Waals surface area contributed by atoms with Gasteiger partial charge in [0, 0.05) is 24.6 Å². The van der Waals surface area contributed by atoms with Crippen molar-refractivity contribution in [2.75, 3.05) is 19.8 Å². The third-order valence-electron chi connectivity index (χ3n) is 2.42. The van der Waals surface area contributed by atoms with E-state index in [1.54, 1.807) is 11.3 Å². The Morgan fingerprint density at radius 3 is 2.82 bits per heavy atom. The Morgan fingerprint density at radius 1 is 1.35 bits per heavy atom. The maximum atomic E-state index is 5.85. The van der Waals surface area contributed by atoms with Crippen molar-refractivity contribution in [1.29, 1.82) is 0 Å². The van der Waals surface area contributed by atoms with E-state index < -0.39 is 0 Å². The van der Waals surface area contributed by atoms with Crippen molar-refractivity contribution in [1.82, 2.24) is 5.32 Å². The summed E-state index contributed by atoms with van der Waals surface area (Å²) in [5, 5.41) is 3.34. The van der Waals surface area contributed by atoms with Gasteiger partial charge in [0.15, 0.2) is 0 Å². The number of halogens is 1. The minimum absolute atomic E-state index is 0.778. The van der Waals surface area contributed by atoms with E-state index in [1.165, 1.54) is 11.3 Å². The van der Waals surface area contributed by atoms with Gasteiger partial charge < -0.3 is 10.1 Å². The summed E-state index contributed by atoms with van der Waals surface area (Å²) in [5.74, 6) is 0.778. The molecule has 0 aliphatic rings. The molecule has 0 bridgehead atoms. The number of thiophene rings is 1. The molecule has 0 fully saturated rings. The molecule has 0 spiro atoms. The molecule has 0 aromatic carbocycles. The molecule has 1 rings (SSSR count). The maximum absolute atomic E-state index is 5.85. The monoisotopic (exact) mass is 275 g/mol. The van der Waals surface area contributed by atoms with Crippen molar-refractivity contribution in [3.63, 3.8) is 0 Å². The normalized spacial score (nSPS) is 11.3. The van der Waals surface area contributed by atoms with Crippen LogP contribution in [0.3, 0.4) is 0 Å². The standard InChI is InChI=1S/C13H22ClNOS/c1-11(2)4-3-8-16-9-7-15-10-12-5-6-13(14)17-12/h5-6,11,15H,3-4,7-10H2,1-2H3. The van der Waals surface area contributed by atoms with E-state index in [1.807, 2.05) is 6.07 Å². The van der Waals surface area contributed by atoms with Crippen LogP contribution in [0, 0.1) is 5.92 Å². The van der Waals surface area contributed by atoms with Crippen molar-refractivity contribution in [3.05, 3.63) is 21.3 Å². The molecule has 0 saturated heterocycles. The number of ether oxygens (including phenoxy) is 1. The van der Waals surface area contributed by atoms with Gasteiger partial charge in [0.1, 0.15) is 0 Å². The van der Waals surface area contributed by atoms with Crippen LogP contribution in [0.4, 0.5) is 0 Å². The van der Waals surface area contributed by atoms with Gasteiger partial charge in [-0.3, -0.25) is 0 Å². The van der Waals surface area contributed by atoms with Crippen molar-refractivity contribution >= 4 is 22.9 Å². The number of hydrogen-bond acceptors (Lipinski definition) is 3. The second kappa shape index (κ2) is 8.92. The van der Waals surface area contributed by atoms with E-state index >= 15 is 0 Å². The Labute approximate surface area is 113 Å². The fourth-order valence-electron chi connectivity index (χ4n) is 1.50. The highest BCUT2D eigenvalue weighted by Gasteiger charge is 1.97. The Bertz CT molecular complexity index is 301. The van der Waals surface area contributed by atoms with Crippen LogP contribution in [0.25, 0.3) is 0 Å². The van der Waals surface area contributed by atoms with Gasteiger partial charge in [-0.25, -0.2) is 0 Å². The largest absolute Gasteiger partial charge is 0.380 e. The first-order chi connectivity index (χ1) is 8.18. The van der Waals surface area contributed by atoms with Gasteiger partial charge in [0.25, 0.3) is 0 Å². The van der Waals surface area contributed by atoms with E-state index in [0.29, 0.717) is 0 Å². The minimum atomic E-state index is 0.778. The number of nitrogens with one attached hydrogen (secondary N) is 1. The zero-order chi connectivity index (χ0) is 12.5. The van der Waals surface area contributed by atoms with Crippen molar-refractivity contribution in [2.45, 2.75) is 33.2 Å². The minimum Gasteiger partial charge on any atom is -0.380 e. The summed E-state index contributed by atoms with van der Waals surface area (Å²) in [6.45, 7) is 7.94. The van der Waals surface area contributed by atoms with Gasteiger partial charge in [0.05, 0.1) is 10.9 Å². The SMILES string of the molecule is CC(C)CCCOCCNCc1ccc(Cl)s1. The molecular weight excluding hydrogens is 254 g/mol. The summed E-state index contributed by atoms with van der Waals surface area (Å²) >= 11 is 7.47. The molecule has 0 aliphatic heterocycles. The molecular formula is C13H22ClNOS. The number of hydrogen-bond donors (Lipinski definition) is 1. The summed E-state index contributed by atoms with van der Waals surface area (Å²) in [4.78, 5) is 1.27. The zero-order valence-electron chi connectivity index (χ0n) is 10.7. The van der Waals surface area contributed by atoms with Crippen LogP contribution in [0.5, 0.6) is 0 Å². The van der Waals surface area contributed by atoms with E-state index in [9.17, 15) is 0 Å². The average molecular weight is 276 g/mol. The lowest BCUT2D eigenvalue weighted by atomic mass is 10.1. The van der Waals surface area contributed by atoms with E-state index in [2.05, 4.69) is 25.2 Å². The third kappa shape index (κ3) is 7.77. The molecule has 1 heterocycles. The van der Waals surface area contributed by atoms with E-state index in [-0.39, 0.29) is 0 Å². The zero-order valence-corrected chi connectivity index (χ0v) is 12.2. The summed E-state index contributed by atoms with van der Waals surface area (Å²) in [5.41, 5.74) is 0. The lowest BCUT2D eigenvalue weighted by molar-refractivity contribution is 0.129. The summed E-state index contributed by atoms with van der Waals surface area (Å²) < 4.78 is 6.40. The Morgan fingerprint density at radius 2 is 2.18 bits per heavy atom. The fourth-order valence-corrected chi connectivity index (χ4v) is 2.56. The number of rotatable bonds is 9. The van der Waals surface area contributed by atoms with Gasteiger partial charge in [-0.1, -0.05) is 25.4 Å². The van der Waals surface area contributed by atoms with Crippen LogP contribution in [0.1, 0.15) is 31.6 Å². The lowest BCUT2D eigenvalue weighted by Gasteiger charge is -2.06. The van der Waals surface area contributed by atoms with E-state index in [0.717, 1.165) is 43.0 Å². The highest BCUT2D eigenvalue weighted by Crippen LogP contribution is 2.20. The first kappa shape index (κ1) is 15.0. The highest BCUT2D eigenvalue weighted by atomic mass is 35.5. The van der Waals surface area contributed by atoms with Crippen LogP contribution in [-0.2, 0) is 11.3 Å². The molecule has 0 radical (unpaired) electrons. The molecule has 0 atom stereocenters. The average Bonchev–Trinajstić information content (AvgIpc) is 2.68. The van der Waals surface area contributed by atoms with Crippen molar-refractivity contribution in [3.8, 4) is 0 Å². The summed E-state index contributed by atoms with van der Waals surface area (Å²) in [6.07, 6.45) is 2.42. The molecule has 17 heavy (non-hydrogen) atoms. The van der Waals surface area contributed by atoms with Gasteiger partial charge >= 0.3 is 0 Å². The molecule has 0 amide bonds. The van der Waals surface area contributed by atoms with Gasteiger partial charge in [0.2, 0.25) is 0 Å². The molecule has 2 nitrogen and oxygen atoms in total. The first-order valence-corrected chi connectivity index (χ1v) is 7.40. The predicted molar refractivity (Wildman–Crippen MR) is 75.9 cm³/mol. The van der Waals surface area contributed by atoms with E-state index in [4.69, 9.17) is 16.3 Å². The second-order valence-corrected chi connectivity index (χ2v) is 6.33. The Kier molecular flexibility index (Phi) is 7.86. The Hall–Kier alpha value is -0.0900. The summed E-state index contributed by atoms with van der Waals surface area (Å²) in [7, 11) is 0. The molecule has 98 valence electrons. The van der Waals surface area contributed by atoms with Gasteiger partial charge in [-0.05, 0) is 30.9 Å². The van der Waals surface area contributed by atoms with Crippen LogP contribution in [0.15, 0.2) is 12.1 Å². The molecule has 1 aromatic heterocycles. The fraction of sp³-hybridized carbons (Fsp3) is 0.692. The Balaban J connectivity index is 1.88. The molecule has 0 aliphatic carbocycles. The lowest BCUT2D eigenvalue weighted by Crippen LogP contribution is -2.19. The molecule has 0 unspecified atom stereocenters. The summed E-state index contributed by atoms with van der Waals surface area (Å²) in [6, 6.07) is 4.00. The van der Waals surface area contributed by atoms with Gasteiger partial charge in [-0.15, -0.1) is 11.3 Å². The maximum Gasteiger partial charge on any atom is 0.0931 e. The van der Waals surface area contributed by atoms with Crippen LogP contribution < -0.4 is 5.32 Å².